The minimum atomic E-state index is -1.00. The summed E-state index contributed by atoms with van der Waals surface area (Å²) in [6.07, 6.45) is 0. The van der Waals surface area contributed by atoms with Crippen molar-refractivity contribution in [2.45, 2.75) is 13.5 Å². The minimum absolute atomic E-state index is 0.154. The van der Waals surface area contributed by atoms with Crippen molar-refractivity contribution in [2.75, 3.05) is 13.2 Å². The van der Waals surface area contributed by atoms with E-state index in [0.29, 0.717) is 37.2 Å². The van der Waals surface area contributed by atoms with Crippen LogP contribution in [0.2, 0.25) is 0 Å². The number of carbonyl (C=O) groups is 1. The zero-order valence-corrected chi connectivity index (χ0v) is 11.0. The Morgan fingerprint density at radius 2 is 2.25 bits per heavy atom. The lowest BCUT2D eigenvalue weighted by Crippen LogP contribution is -2.21. The van der Waals surface area contributed by atoms with Crippen LogP contribution in [0.1, 0.15) is 22.1 Å². The minimum Gasteiger partial charge on any atom is -0.491 e. The molecule has 0 bridgehead atoms. The third-order valence-corrected chi connectivity index (χ3v) is 2.51. The van der Waals surface area contributed by atoms with Crippen LogP contribution in [0.15, 0.2) is 28.8 Å². The summed E-state index contributed by atoms with van der Waals surface area (Å²) in [7, 11) is 0. The van der Waals surface area contributed by atoms with Gasteiger partial charge in [0.05, 0.1) is 6.54 Å². The van der Waals surface area contributed by atoms with Crippen LogP contribution in [0.4, 0.5) is 0 Å². The predicted molar refractivity (Wildman–Crippen MR) is 69.6 cm³/mol. The molecule has 2 N–H and O–H groups in total. The highest BCUT2D eigenvalue weighted by molar-refractivity contribution is 5.90. The van der Waals surface area contributed by atoms with Gasteiger partial charge < -0.3 is 19.7 Å². The van der Waals surface area contributed by atoms with Crippen LogP contribution in [-0.2, 0) is 6.54 Å². The van der Waals surface area contributed by atoms with Crippen LogP contribution in [0, 0.1) is 6.92 Å². The highest BCUT2D eigenvalue weighted by Crippen LogP contribution is 2.17. The lowest BCUT2D eigenvalue weighted by atomic mass is 10.2. The molecule has 0 aliphatic rings. The molecule has 0 spiro atoms. The topological polar surface area (TPSA) is 97.5 Å². The van der Waals surface area contributed by atoms with Gasteiger partial charge in [-0.3, -0.25) is 0 Å². The van der Waals surface area contributed by atoms with E-state index in [0.717, 1.165) is 0 Å². The number of nitrogens with zero attached hydrogens (tertiary/aromatic N) is 2. The summed E-state index contributed by atoms with van der Waals surface area (Å²) in [5.41, 5.74) is 0.154. The van der Waals surface area contributed by atoms with E-state index in [9.17, 15) is 4.79 Å². The number of ether oxygens (including phenoxy) is 1. The summed E-state index contributed by atoms with van der Waals surface area (Å²) >= 11 is 0. The molecule has 1 aromatic heterocycles. The molecule has 0 fully saturated rings. The molecule has 2 rings (SSSR count). The lowest BCUT2D eigenvalue weighted by molar-refractivity contribution is 0.0692. The standard InChI is InChI=1S/C13H15N3O4/c1-9-15-12(16-20-9)8-14-6-7-19-11-5-3-2-4-10(11)13(17)18/h2-5,14H,6-8H2,1H3,(H,17,18). The molecule has 0 aliphatic carbocycles. The number of nitrogens with one attached hydrogen (secondary N) is 1. The average Bonchev–Trinajstić information content (AvgIpc) is 2.84. The van der Waals surface area contributed by atoms with Crippen LogP contribution in [0.5, 0.6) is 5.75 Å². The molecular weight excluding hydrogens is 262 g/mol. The van der Waals surface area contributed by atoms with Crippen molar-refractivity contribution in [3.63, 3.8) is 0 Å². The number of rotatable bonds is 7. The Bertz CT molecular complexity index is 583. The maximum atomic E-state index is 11.0. The molecule has 0 atom stereocenters. The van der Waals surface area contributed by atoms with Crippen molar-refractivity contribution in [3.05, 3.63) is 41.5 Å². The molecule has 20 heavy (non-hydrogen) atoms. The molecule has 0 saturated heterocycles. The maximum Gasteiger partial charge on any atom is 0.339 e. The number of hydrogen-bond donors (Lipinski definition) is 2. The molecule has 0 amide bonds. The third-order valence-electron chi connectivity index (χ3n) is 2.51. The van der Waals surface area contributed by atoms with Crippen molar-refractivity contribution in [3.8, 4) is 5.75 Å². The quantitative estimate of drug-likeness (QED) is 0.735. The predicted octanol–water partition coefficient (Wildman–Crippen LogP) is 1.24. The maximum absolute atomic E-state index is 11.0. The Morgan fingerprint density at radius 1 is 1.45 bits per heavy atom. The third kappa shape index (κ3) is 3.79. The average molecular weight is 277 g/mol. The molecule has 0 unspecified atom stereocenters. The zero-order chi connectivity index (χ0) is 14.4. The first-order valence-corrected chi connectivity index (χ1v) is 6.12. The number of para-hydroxylation sites is 1. The summed E-state index contributed by atoms with van der Waals surface area (Å²) < 4.78 is 10.3. The van der Waals surface area contributed by atoms with E-state index in [-0.39, 0.29) is 5.56 Å². The van der Waals surface area contributed by atoms with E-state index in [1.54, 1.807) is 25.1 Å². The van der Waals surface area contributed by atoms with Gasteiger partial charge in [-0.2, -0.15) is 4.98 Å². The second-order valence-electron chi connectivity index (χ2n) is 4.06. The Balaban J connectivity index is 1.75. The fourth-order valence-electron chi connectivity index (χ4n) is 1.62. The van der Waals surface area contributed by atoms with Gasteiger partial charge in [-0.15, -0.1) is 0 Å². The largest absolute Gasteiger partial charge is 0.491 e. The van der Waals surface area contributed by atoms with E-state index in [4.69, 9.17) is 14.4 Å². The van der Waals surface area contributed by atoms with Crippen molar-refractivity contribution in [2.24, 2.45) is 0 Å². The number of benzene rings is 1. The Hall–Kier alpha value is -2.41. The number of aromatic carboxylic acids is 1. The number of hydrogen-bond acceptors (Lipinski definition) is 6. The lowest BCUT2D eigenvalue weighted by Gasteiger charge is -2.08. The van der Waals surface area contributed by atoms with Gasteiger partial charge in [-0.1, -0.05) is 17.3 Å². The summed E-state index contributed by atoms with van der Waals surface area (Å²) in [5.74, 6) is 0.454. The number of carboxylic acid groups (broad SMARTS) is 1. The summed E-state index contributed by atoms with van der Waals surface area (Å²) in [6.45, 7) is 3.09. The normalized spacial score (nSPS) is 10.4. The molecule has 0 aliphatic heterocycles. The van der Waals surface area contributed by atoms with E-state index in [1.165, 1.54) is 6.07 Å². The van der Waals surface area contributed by atoms with Crippen LogP contribution in [0.3, 0.4) is 0 Å². The van der Waals surface area contributed by atoms with Gasteiger partial charge in [0, 0.05) is 13.5 Å². The van der Waals surface area contributed by atoms with E-state index >= 15 is 0 Å². The highest BCUT2D eigenvalue weighted by Gasteiger charge is 2.09. The van der Waals surface area contributed by atoms with Gasteiger partial charge in [-0.25, -0.2) is 4.79 Å². The van der Waals surface area contributed by atoms with Crippen molar-refractivity contribution < 1.29 is 19.2 Å². The zero-order valence-electron chi connectivity index (χ0n) is 11.0. The fraction of sp³-hybridized carbons (Fsp3) is 0.308. The van der Waals surface area contributed by atoms with Crippen LogP contribution >= 0.6 is 0 Å². The first-order chi connectivity index (χ1) is 9.66. The SMILES string of the molecule is Cc1nc(CNCCOc2ccccc2C(=O)O)no1. The van der Waals surface area contributed by atoms with E-state index < -0.39 is 5.97 Å². The van der Waals surface area contributed by atoms with E-state index in [2.05, 4.69) is 15.5 Å². The molecule has 106 valence electrons. The van der Waals surface area contributed by atoms with Crippen molar-refractivity contribution >= 4 is 5.97 Å². The molecule has 1 heterocycles. The van der Waals surface area contributed by atoms with Crippen molar-refractivity contribution in [1.82, 2.24) is 15.5 Å². The van der Waals surface area contributed by atoms with Gasteiger partial charge >= 0.3 is 5.97 Å². The summed E-state index contributed by atoms with van der Waals surface area (Å²) in [6, 6.07) is 6.53. The first kappa shape index (κ1) is 14.0. The summed E-state index contributed by atoms with van der Waals surface area (Å²) in [4.78, 5) is 15.0. The Labute approximate surface area is 115 Å². The van der Waals surface area contributed by atoms with Gasteiger partial charge in [0.25, 0.3) is 0 Å². The number of aromatic nitrogens is 2. The Kier molecular flexibility index (Phi) is 4.67. The monoisotopic (exact) mass is 277 g/mol. The molecule has 0 radical (unpaired) electrons. The first-order valence-electron chi connectivity index (χ1n) is 6.12. The van der Waals surface area contributed by atoms with Gasteiger partial charge in [0.2, 0.25) is 5.89 Å². The van der Waals surface area contributed by atoms with Gasteiger partial charge in [0.1, 0.15) is 17.9 Å². The van der Waals surface area contributed by atoms with Gasteiger partial charge in [-0.05, 0) is 12.1 Å². The van der Waals surface area contributed by atoms with E-state index in [1.807, 2.05) is 0 Å². The number of carboxylic acids is 1. The molecule has 7 nitrogen and oxygen atoms in total. The molecule has 2 aromatic rings. The molecule has 1 aromatic carbocycles. The van der Waals surface area contributed by atoms with Crippen LogP contribution < -0.4 is 10.1 Å². The second kappa shape index (κ2) is 6.67. The van der Waals surface area contributed by atoms with Gasteiger partial charge in [0.15, 0.2) is 5.82 Å². The number of aryl methyl sites for hydroxylation is 1. The summed E-state index contributed by atoms with van der Waals surface area (Å²) in [5, 5.41) is 15.8. The van der Waals surface area contributed by atoms with Crippen molar-refractivity contribution in [1.29, 1.82) is 0 Å². The Morgan fingerprint density at radius 3 is 2.95 bits per heavy atom. The smallest absolute Gasteiger partial charge is 0.339 e. The highest BCUT2D eigenvalue weighted by atomic mass is 16.5. The van der Waals surface area contributed by atoms with Crippen LogP contribution in [0.25, 0.3) is 0 Å². The fourth-order valence-corrected chi connectivity index (χ4v) is 1.62. The molecular formula is C13H15N3O4. The molecule has 0 saturated carbocycles. The van der Waals surface area contributed by atoms with Crippen LogP contribution in [-0.4, -0.2) is 34.4 Å². The second-order valence-corrected chi connectivity index (χ2v) is 4.06. The molecule has 7 heteroatoms.